The molecule has 0 spiro atoms. The van der Waals surface area contributed by atoms with Gasteiger partial charge in [-0.25, -0.2) is 0 Å². The number of ether oxygens (including phenoxy) is 1. The monoisotopic (exact) mass is 249 g/mol. The Morgan fingerprint density at radius 2 is 2.30 bits per heavy atom. The summed E-state index contributed by atoms with van der Waals surface area (Å²) in [5.41, 5.74) is 1.06. The standard InChI is InChI=1S/C7H8INO/c1-10-7-4-2-3-6(5-7)9-8/h2-5,9H,1H3. The Kier molecular flexibility index (Phi) is 2.80. The molecule has 1 aromatic rings. The lowest BCUT2D eigenvalue weighted by molar-refractivity contribution is 0.415. The minimum Gasteiger partial charge on any atom is -0.497 e. The summed E-state index contributed by atoms with van der Waals surface area (Å²) in [4.78, 5) is 0. The molecule has 0 atom stereocenters. The number of benzene rings is 1. The summed E-state index contributed by atoms with van der Waals surface area (Å²) in [5.74, 6) is 0.877. The summed E-state index contributed by atoms with van der Waals surface area (Å²) >= 11 is 2.08. The molecule has 54 valence electrons. The zero-order valence-electron chi connectivity index (χ0n) is 5.60. The number of methoxy groups -OCH3 is 1. The Morgan fingerprint density at radius 1 is 1.50 bits per heavy atom. The van der Waals surface area contributed by atoms with Crippen LogP contribution in [0.5, 0.6) is 5.75 Å². The summed E-state index contributed by atoms with van der Waals surface area (Å²) in [5, 5.41) is 0. The molecule has 0 saturated heterocycles. The first kappa shape index (κ1) is 7.65. The highest BCUT2D eigenvalue weighted by molar-refractivity contribution is 14.1. The number of anilines is 1. The fourth-order valence-corrected chi connectivity index (χ4v) is 1.02. The Hall–Kier alpha value is -0.450. The smallest absolute Gasteiger partial charge is 0.120 e. The molecule has 2 nitrogen and oxygen atoms in total. The Morgan fingerprint density at radius 3 is 2.90 bits per heavy atom. The van der Waals surface area contributed by atoms with Crippen molar-refractivity contribution < 1.29 is 4.74 Å². The third-order valence-corrected chi connectivity index (χ3v) is 1.80. The van der Waals surface area contributed by atoms with Gasteiger partial charge in [-0.3, -0.25) is 0 Å². The largest absolute Gasteiger partial charge is 0.497 e. The fourth-order valence-electron chi connectivity index (χ4n) is 0.682. The van der Waals surface area contributed by atoms with Gasteiger partial charge in [0.25, 0.3) is 0 Å². The van der Waals surface area contributed by atoms with Crippen LogP contribution in [0, 0.1) is 0 Å². The van der Waals surface area contributed by atoms with E-state index in [0.717, 1.165) is 11.4 Å². The van der Waals surface area contributed by atoms with E-state index in [1.807, 2.05) is 24.3 Å². The Labute approximate surface area is 74.1 Å². The highest BCUT2D eigenvalue weighted by Gasteiger charge is 1.90. The second-order valence-corrected chi connectivity index (χ2v) is 2.37. The topological polar surface area (TPSA) is 21.3 Å². The van der Waals surface area contributed by atoms with Crippen molar-refractivity contribution in [3.05, 3.63) is 24.3 Å². The molecule has 0 unspecified atom stereocenters. The molecule has 0 radical (unpaired) electrons. The maximum absolute atomic E-state index is 5.01. The normalized spacial score (nSPS) is 9.00. The first-order valence-corrected chi connectivity index (χ1v) is 3.95. The second kappa shape index (κ2) is 3.65. The Bertz CT molecular complexity index is 195. The molecule has 0 saturated carbocycles. The van der Waals surface area contributed by atoms with E-state index in [-0.39, 0.29) is 0 Å². The van der Waals surface area contributed by atoms with E-state index in [9.17, 15) is 0 Å². The Balaban J connectivity index is 2.87. The van der Waals surface area contributed by atoms with Crippen LogP contribution in [0.15, 0.2) is 24.3 Å². The molecule has 1 rings (SSSR count). The van der Waals surface area contributed by atoms with Crippen molar-refractivity contribution in [2.24, 2.45) is 0 Å². The third-order valence-electron chi connectivity index (χ3n) is 1.18. The van der Waals surface area contributed by atoms with E-state index in [4.69, 9.17) is 4.74 Å². The molecule has 0 aliphatic rings. The molecule has 1 aromatic carbocycles. The molecule has 0 aromatic heterocycles. The summed E-state index contributed by atoms with van der Waals surface area (Å²) < 4.78 is 8.01. The van der Waals surface area contributed by atoms with Gasteiger partial charge in [-0.05, 0) is 12.1 Å². The summed E-state index contributed by atoms with van der Waals surface area (Å²) in [6.45, 7) is 0. The van der Waals surface area contributed by atoms with Gasteiger partial charge in [-0.2, -0.15) is 0 Å². The number of halogens is 1. The van der Waals surface area contributed by atoms with Gasteiger partial charge in [0.2, 0.25) is 0 Å². The lowest BCUT2D eigenvalue weighted by atomic mass is 10.3. The maximum atomic E-state index is 5.01. The average Bonchev–Trinajstić information content (AvgIpc) is 2.05. The fraction of sp³-hybridized carbons (Fsp3) is 0.143. The van der Waals surface area contributed by atoms with Crippen LogP contribution in [0.25, 0.3) is 0 Å². The van der Waals surface area contributed by atoms with Crippen molar-refractivity contribution in [1.82, 2.24) is 0 Å². The maximum Gasteiger partial charge on any atom is 0.120 e. The van der Waals surface area contributed by atoms with Gasteiger partial charge in [-0.1, -0.05) is 6.07 Å². The highest BCUT2D eigenvalue weighted by atomic mass is 127. The van der Waals surface area contributed by atoms with Gasteiger partial charge in [0.15, 0.2) is 0 Å². The number of hydrogen-bond acceptors (Lipinski definition) is 2. The summed E-state index contributed by atoms with van der Waals surface area (Å²) in [6.07, 6.45) is 0. The van der Waals surface area contributed by atoms with Crippen molar-refractivity contribution in [3.8, 4) is 5.75 Å². The minimum absolute atomic E-state index is 0.877. The van der Waals surface area contributed by atoms with Crippen molar-refractivity contribution in [3.63, 3.8) is 0 Å². The molecule has 0 aliphatic heterocycles. The van der Waals surface area contributed by atoms with Crippen LogP contribution in [0.4, 0.5) is 5.69 Å². The molecule has 0 amide bonds. The second-order valence-electron chi connectivity index (χ2n) is 1.83. The van der Waals surface area contributed by atoms with E-state index in [0.29, 0.717) is 0 Å². The number of rotatable bonds is 2. The van der Waals surface area contributed by atoms with Gasteiger partial charge in [0.1, 0.15) is 5.75 Å². The van der Waals surface area contributed by atoms with E-state index in [1.165, 1.54) is 0 Å². The van der Waals surface area contributed by atoms with Crippen molar-refractivity contribution in [1.29, 1.82) is 0 Å². The van der Waals surface area contributed by atoms with E-state index in [2.05, 4.69) is 26.4 Å². The first-order valence-electron chi connectivity index (χ1n) is 2.87. The number of hydrogen-bond donors (Lipinski definition) is 1. The molecule has 0 heterocycles. The molecule has 0 bridgehead atoms. The average molecular weight is 249 g/mol. The third kappa shape index (κ3) is 1.76. The molecule has 10 heavy (non-hydrogen) atoms. The molecular formula is C7H8INO. The summed E-state index contributed by atoms with van der Waals surface area (Å²) in [7, 11) is 1.66. The van der Waals surface area contributed by atoms with Crippen molar-refractivity contribution >= 4 is 28.6 Å². The first-order chi connectivity index (χ1) is 4.86. The van der Waals surface area contributed by atoms with Crippen molar-refractivity contribution in [2.45, 2.75) is 0 Å². The van der Waals surface area contributed by atoms with Crippen LogP contribution in [-0.4, -0.2) is 7.11 Å². The highest BCUT2D eigenvalue weighted by Crippen LogP contribution is 2.17. The lowest BCUT2D eigenvalue weighted by Crippen LogP contribution is -1.83. The predicted octanol–water partition coefficient (Wildman–Crippen LogP) is 2.46. The van der Waals surface area contributed by atoms with Gasteiger partial charge in [-0.15, -0.1) is 0 Å². The lowest BCUT2D eigenvalue weighted by Gasteiger charge is -2.00. The zero-order valence-corrected chi connectivity index (χ0v) is 7.75. The SMILES string of the molecule is COc1cccc(NI)c1. The summed E-state index contributed by atoms with van der Waals surface area (Å²) in [6, 6.07) is 7.78. The van der Waals surface area contributed by atoms with Gasteiger partial charge in [0, 0.05) is 11.8 Å². The minimum atomic E-state index is 0.877. The van der Waals surface area contributed by atoms with Crippen molar-refractivity contribution in [2.75, 3.05) is 10.6 Å². The zero-order chi connectivity index (χ0) is 7.40. The van der Waals surface area contributed by atoms with E-state index in [1.54, 1.807) is 7.11 Å². The molecular weight excluding hydrogens is 241 g/mol. The molecule has 0 fully saturated rings. The van der Waals surface area contributed by atoms with E-state index < -0.39 is 0 Å². The van der Waals surface area contributed by atoms with Crippen LogP contribution in [0.3, 0.4) is 0 Å². The van der Waals surface area contributed by atoms with Crippen LogP contribution in [0.2, 0.25) is 0 Å². The molecule has 1 N–H and O–H groups in total. The van der Waals surface area contributed by atoms with Crippen LogP contribution < -0.4 is 8.27 Å². The molecule has 0 aliphatic carbocycles. The van der Waals surface area contributed by atoms with E-state index >= 15 is 0 Å². The predicted molar refractivity (Wildman–Crippen MR) is 50.6 cm³/mol. The van der Waals surface area contributed by atoms with Gasteiger partial charge >= 0.3 is 0 Å². The molecule has 3 heteroatoms. The van der Waals surface area contributed by atoms with Gasteiger partial charge in [0.05, 0.1) is 30.0 Å². The van der Waals surface area contributed by atoms with Gasteiger partial charge < -0.3 is 8.27 Å². The van der Waals surface area contributed by atoms with Crippen LogP contribution in [0.1, 0.15) is 0 Å². The van der Waals surface area contributed by atoms with Crippen LogP contribution in [-0.2, 0) is 0 Å². The van der Waals surface area contributed by atoms with Crippen LogP contribution >= 0.6 is 22.9 Å². The quantitative estimate of drug-likeness (QED) is 0.642. The number of nitrogens with one attached hydrogen (secondary N) is 1.